The largest absolute Gasteiger partial charge is 0.488 e. The molecular formula is C43H34Cl3N5O4. The van der Waals surface area contributed by atoms with Gasteiger partial charge >= 0.3 is 0 Å². The van der Waals surface area contributed by atoms with Crippen LogP contribution >= 0.6 is 34.8 Å². The summed E-state index contributed by atoms with van der Waals surface area (Å²) in [6.45, 7) is 5.21. The minimum atomic E-state index is 0.162. The zero-order valence-electron chi connectivity index (χ0n) is 29.9. The van der Waals surface area contributed by atoms with Crippen LogP contribution in [0.4, 0.5) is 0 Å². The fraction of sp³-hybridized carbons (Fsp3) is 0.163. The average molecular weight is 791 g/mol. The van der Waals surface area contributed by atoms with E-state index in [1.54, 1.807) is 48.8 Å². The van der Waals surface area contributed by atoms with Crippen molar-refractivity contribution < 1.29 is 18.9 Å². The molecule has 2 N–H and O–H groups in total. The first kappa shape index (κ1) is 38.9. The quantitative estimate of drug-likeness (QED) is 0.114. The number of nitrogens with zero attached hydrogens (tertiary/aromatic N) is 4. The lowest BCUT2D eigenvalue weighted by Gasteiger charge is -2.18. The molecule has 12 heteroatoms. The molecule has 0 unspecified atom stereocenters. The van der Waals surface area contributed by atoms with Gasteiger partial charge in [0, 0.05) is 60.2 Å². The van der Waals surface area contributed by atoms with Crippen molar-refractivity contribution in [2.45, 2.75) is 46.8 Å². The van der Waals surface area contributed by atoms with E-state index in [-0.39, 0.29) is 33.0 Å². The van der Waals surface area contributed by atoms with Crippen LogP contribution in [0.3, 0.4) is 0 Å². The Hall–Kier alpha value is -5.81. The number of ether oxygens (including phenoxy) is 4. The van der Waals surface area contributed by atoms with Crippen molar-refractivity contribution in [3.8, 4) is 46.3 Å². The minimum absolute atomic E-state index is 0.162. The molecule has 0 spiro atoms. The van der Waals surface area contributed by atoms with Gasteiger partial charge in [-0.25, -0.2) is 0 Å². The lowest BCUT2D eigenvalue weighted by Crippen LogP contribution is -2.05. The Morgan fingerprint density at radius 3 is 1.45 bits per heavy atom. The Morgan fingerprint density at radius 2 is 0.982 bits per heavy atom. The van der Waals surface area contributed by atoms with Crippen LogP contribution in [-0.2, 0) is 33.0 Å². The number of benzene rings is 4. The summed E-state index contributed by atoms with van der Waals surface area (Å²) in [5, 5.41) is 19.5. The van der Waals surface area contributed by atoms with Gasteiger partial charge in [-0.15, -0.1) is 0 Å². The number of nitrogens with two attached hydrogens (primary N) is 1. The number of nitriles is 2. The van der Waals surface area contributed by atoms with Gasteiger partial charge in [0.05, 0.1) is 26.2 Å². The first-order valence-corrected chi connectivity index (χ1v) is 18.2. The summed E-state index contributed by atoms with van der Waals surface area (Å²) in [5.74, 6) is 1.80. The van der Waals surface area contributed by atoms with Crippen LogP contribution < -0.4 is 24.7 Å². The van der Waals surface area contributed by atoms with E-state index in [1.165, 1.54) is 12.4 Å². The maximum atomic E-state index is 9.21. The third-order valence-electron chi connectivity index (χ3n) is 8.91. The van der Waals surface area contributed by atoms with Gasteiger partial charge in [-0.05, 0) is 71.5 Å². The molecule has 9 nitrogen and oxygen atoms in total. The monoisotopic (exact) mass is 789 g/mol. The predicted octanol–water partition coefficient (Wildman–Crippen LogP) is 10.2. The van der Waals surface area contributed by atoms with Crippen LogP contribution in [-0.4, -0.2) is 9.97 Å². The lowest BCUT2D eigenvalue weighted by atomic mass is 9.92. The highest BCUT2D eigenvalue weighted by molar-refractivity contribution is 6.36. The zero-order chi connectivity index (χ0) is 38.9. The summed E-state index contributed by atoms with van der Waals surface area (Å²) in [4.78, 5) is 8.17. The first-order valence-electron chi connectivity index (χ1n) is 17.1. The third kappa shape index (κ3) is 9.47. The van der Waals surface area contributed by atoms with Gasteiger partial charge in [0.25, 0.3) is 0 Å². The van der Waals surface area contributed by atoms with Gasteiger partial charge in [0.2, 0.25) is 0 Å². The first-order chi connectivity index (χ1) is 26.7. The van der Waals surface area contributed by atoms with Crippen LogP contribution in [0.5, 0.6) is 23.0 Å². The predicted molar refractivity (Wildman–Crippen MR) is 212 cm³/mol. The van der Waals surface area contributed by atoms with E-state index >= 15 is 0 Å². The zero-order valence-corrected chi connectivity index (χ0v) is 32.2. The summed E-state index contributed by atoms with van der Waals surface area (Å²) >= 11 is 19.6. The van der Waals surface area contributed by atoms with Gasteiger partial charge in [-0.3, -0.25) is 9.97 Å². The number of rotatable bonds is 14. The second-order valence-electron chi connectivity index (χ2n) is 12.5. The topological polar surface area (TPSA) is 136 Å². The molecule has 0 saturated heterocycles. The molecule has 55 heavy (non-hydrogen) atoms. The number of hydrogen-bond donors (Lipinski definition) is 1. The molecule has 0 saturated carbocycles. The number of halogens is 3. The van der Waals surface area contributed by atoms with E-state index in [1.807, 2.05) is 24.3 Å². The highest BCUT2D eigenvalue weighted by atomic mass is 35.5. The molecule has 6 aromatic rings. The van der Waals surface area contributed by atoms with Gasteiger partial charge in [-0.1, -0.05) is 71.2 Å². The summed E-state index contributed by atoms with van der Waals surface area (Å²) in [7, 11) is 0. The fourth-order valence-electron chi connectivity index (χ4n) is 5.86. The fourth-order valence-corrected chi connectivity index (χ4v) is 6.60. The molecule has 0 fully saturated rings. The van der Waals surface area contributed by atoms with Crippen molar-refractivity contribution in [1.82, 2.24) is 9.97 Å². The van der Waals surface area contributed by atoms with Gasteiger partial charge in [0.15, 0.2) is 0 Å². The van der Waals surface area contributed by atoms with Crippen LogP contribution in [0.2, 0.25) is 15.1 Å². The molecule has 0 atom stereocenters. The van der Waals surface area contributed by atoms with Crippen molar-refractivity contribution in [3.05, 3.63) is 163 Å². The second kappa shape index (κ2) is 18.0. The van der Waals surface area contributed by atoms with E-state index < -0.39 is 0 Å². The molecule has 4 aromatic carbocycles. The lowest BCUT2D eigenvalue weighted by molar-refractivity contribution is 0.287. The summed E-state index contributed by atoms with van der Waals surface area (Å²) < 4.78 is 24.5. The van der Waals surface area contributed by atoms with E-state index in [0.717, 1.165) is 50.1 Å². The Kier molecular flexibility index (Phi) is 12.7. The number of hydrogen-bond acceptors (Lipinski definition) is 9. The van der Waals surface area contributed by atoms with Gasteiger partial charge in [-0.2, -0.15) is 10.5 Å². The van der Waals surface area contributed by atoms with Crippen LogP contribution in [0.15, 0.2) is 97.6 Å². The summed E-state index contributed by atoms with van der Waals surface area (Å²) in [6.07, 6.45) is 6.27. The minimum Gasteiger partial charge on any atom is -0.488 e. The Bertz CT molecular complexity index is 2440. The molecule has 0 amide bonds. The SMILES string of the molecule is Cc1c(COc2cc(OCc3cncc(C#N)c3)c(Cl)cc2Cl)cccc1-c1cccc(COc2cc(OCc3cncc(C#N)c3)c(CN)cc2Cl)c1C. The molecule has 6 rings (SSSR count). The summed E-state index contributed by atoms with van der Waals surface area (Å²) in [6, 6.07) is 26.5. The Morgan fingerprint density at radius 1 is 0.545 bits per heavy atom. The number of aromatic nitrogens is 2. The second-order valence-corrected chi connectivity index (χ2v) is 13.8. The normalized spacial score (nSPS) is 10.7. The van der Waals surface area contributed by atoms with Crippen molar-refractivity contribution >= 4 is 34.8 Å². The number of pyridine rings is 2. The molecule has 2 heterocycles. The standard InChI is InChI=1S/C43H34Cl3N5O4/c1-26-32(24-54-41-13-40(34(17-49)11-37(41)44)52-22-30-9-28(15-47)18-50-20-30)5-3-7-35(26)36-8-4-6-33(27(36)2)25-55-43-14-42(38(45)12-39(43)46)53-23-31-10-29(16-48)19-51-21-31/h3-14,18-21H,17,22-25,49H2,1-2H3. The van der Waals surface area contributed by atoms with Crippen molar-refractivity contribution in [2.75, 3.05) is 0 Å². The average Bonchev–Trinajstić information content (AvgIpc) is 3.20. The van der Waals surface area contributed by atoms with Gasteiger partial charge in [0.1, 0.15) is 61.6 Å². The molecule has 0 radical (unpaired) electrons. The van der Waals surface area contributed by atoms with Crippen LogP contribution in [0.25, 0.3) is 11.1 Å². The van der Waals surface area contributed by atoms with Crippen LogP contribution in [0, 0.1) is 36.5 Å². The molecule has 2 aromatic heterocycles. The van der Waals surface area contributed by atoms with E-state index in [4.69, 9.17) is 59.5 Å². The van der Waals surface area contributed by atoms with E-state index in [2.05, 4.69) is 48.1 Å². The smallest absolute Gasteiger partial charge is 0.142 e. The van der Waals surface area contributed by atoms with Crippen molar-refractivity contribution in [3.63, 3.8) is 0 Å². The highest BCUT2D eigenvalue weighted by Gasteiger charge is 2.16. The molecule has 0 aliphatic rings. The maximum absolute atomic E-state index is 9.21. The van der Waals surface area contributed by atoms with Crippen LogP contribution in [0.1, 0.15) is 50.1 Å². The third-order valence-corrected chi connectivity index (χ3v) is 9.79. The molecule has 276 valence electrons. The molecule has 0 bridgehead atoms. The van der Waals surface area contributed by atoms with E-state index in [0.29, 0.717) is 49.2 Å². The molecule has 0 aliphatic heterocycles. The maximum Gasteiger partial charge on any atom is 0.142 e. The highest BCUT2D eigenvalue weighted by Crippen LogP contribution is 2.38. The van der Waals surface area contributed by atoms with Gasteiger partial charge < -0.3 is 24.7 Å². The molecular weight excluding hydrogens is 757 g/mol. The summed E-state index contributed by atoms with van der Waals surface area (Å²) in [5.41, 5.74) is 15.3. The van der Waals surface area contributed by atoms with E-state index in [9.17, 15) is 10.5 Å². The Balaban J connectivity index is 1.15. The molecule has 0 aliphatic carbocycles. The Labute approximate surface area is 334 Å². The van der Waals surface area contributed by atoms with Crippen molar-refractivity contribution in [2.24, 2.45) is 5.73 Å². The van der Waals surface area contributed by atoms with Crippen molar-refractivity contribution in [1.29, 1.82) is 10.5 Å².